The van der Waals surface area contributed by atoms with Crippen LogP contribution in [0, 0.1) is 0 Å². The molecule has 3 aromatic carbocycles. The van der Waals surface area contributed by atoms with Gasteiger partial charge in [-0.2, -0.15) is 5.10 Å². The van der Waals surface area contributed by atoms with Gasteiger partial charge in [0.25, 0.3) is 0 Å². The van der Waals surface area contributed by atoms with Gasteiger partial charge in [-0.3, -0.25) is 14.3 Å². The highest BCUT2D eigenvalue weighted by atomic mass is 16.6. The number of nitrogens with one attached hydrogen (secondary N) is 1. The molecule has 0 spiro atoms. The third-order valence-corrected chi connectivity index (χ3v) is 4.99. The Morgan fingerprint density at radius 3 is 2.61 bits per heavy atom. The van der Waals surface area contributed by atoms with Gasteiger partial charge in [0.05, 0.1) is 31.1 Å². The molecule has 0 fully saturated rings. The van der Waals surface area contributed by atoms with Gasteiger partial charge in [0, 0.05) is 18.4 Å². The van der Waals surface area contributed by atoms with E-state index in [0.717, 1.165) is 16.5 Å². The molecule has 1 aromatic heterocycles. The first-order valence-electron chi connectivity index (χ1n) is 10.4. The van der Waals surface area contributed by atoms with Gasteiger partial charge >= 0.3 is 5.97 Å². The standard InChI is InChI=1S/C26H23N3O4/c1-18(30)33-25-15-19(11-13-24(25)32-2)12-14-26(31)28-22-9-6-10-23-21(22)16-27-29(23)17-20-7-4-3-5-8-20/h3-16H,17H2,1-2H3,(H,28,31)/b14-12+. The predicted octanol–water partition coefficient (Wildman–Crippen LogP) is 4.67. The van der Waals surface area contributed by atoms with Crippen LogP contribution >= 0.6 is 0 Å². The fraction of sp³-hybridized carbons (Fsp3) is 0.115. The molecule has 0 unspecified atom stereocenters. The number of hydrogen-bond acceptors (Lipinski definition) is 5. The highest BCUT2D eigenvalue weighted by Gasteiger charge is 2.10. The van der Waals surface area contributed by atoms with Crippen LogP contribution in [0.5, 0.6) is 11.5 Å². The van der Waals surface area contributed by atoms with Crippen molar-refractivity contribution < 1.29 is 19.1 Å². The SMILES string of the molecule is COc1ccc(/C=C/C(=O)Nc2cccc3c2cnn3Cc2ccccc2)cc1OC(C)=O. The van der Waals surface area contributed by atoms with E-state index in [0.29, 0.717) is 29.3 Å². The zero-order valence-corrected chi connectivity index (χ0v) is 18.3. The fourth-order valence-electron chi connectivity index (χ4n) is 3.47. The summed E-state index contributed by atoms with van der Waals surface area (Å²) >= 11 is 0. The van der Waals surface area contributed by atoms with Crippen molar-refractivity contribution in [3.8, 4) is 11.5 Å². The van der Waals surface area contributed by atoms with Gasteiger partial charge in [0.2, 0.25) is 5.91 Å². The Hall–Kier alpha value is -4.39. The molecular weight excluding hydrogens is 418 g/mol. The Balaban J connectivity index is 1.50. The minimum absolute atomic E-state index is 0.289. The number of hydrogen-bond donors (Lipinski definition) is 1. The minimum Gasteiger partial charge on any atom is -0.493 e. The van der Waals surface area contributed by atoms with Gasteiger partial charge in [-0.1, -0.05) is 42.5 Å². The first-order chi connectivity index (χ1) is 16.0. The molecule has 0 bridgehead atoms. The van der Waals surface area contributed by atoms with E-state index >= 15 is 0 Å². The summed E-state index contributed by atoms with van der Waals surface area (Å²) in [6.45, 7) is 1.96. The third kappa shape index (κ3) is 5.27. The molecule has 4 aromatic rings. The van der Waals surface area contributed by atoms with Gasteiger partial charge in [0.1, 0.15) is 0 Å². The molecule has 0 aliphatic heterocycles. The Labute approximate surface area is 191 Å². The number of carbonyl (C=O) groups is 2. The zero-order valence-electron chi connectivity index (χ0n) is 18.3. The van der Waals surface area contributed by atoms with Crippen LogP contribution in [0.2, 0.25) is 0 Å². The Morgan fingerprint density at radius 1 is 1.03 bits per heavy atom. The minimum atomic E-state index is -0.451. The molecule has 0 atom stereocenters. The molecule has 7 nitrogen and oxygen atoms in total. The Morgan fingerprint density at radius 2 is 1.85 bits per heavy atom. The van der Waals surface area contributed by atoms with Gasteiger partial charge in [-0.25, -0.2) is 0 Å². The number of anilines is 1. The molecule has 4 rings (SSSR count). The Kier molecular flexibility index (Phi) is 6.50. The monoisotopic (exact) mass is 441 g/mol. The van der Waals surface area contributed by atoms with Crippen molar-refractivity contribution in [1.82, 2.24) is 9.78 Å². The van der Waals surface area contributed by atoms with Crippen LogP contribution in [0.4, 0.5) is 5.69 Å². The summed E-state index contributed by atoms with van der Waals surface area (Å²) in [5, 5.41) is 8.27. The second kappa shape index (κ2) is 9.82. The highest BCUT2D eigenvalue weighted by Crippen LogP contribution is 2.29. The van der Waals surface area contributed by atoms with E-state index in [4.69, 9.17) is 9.47 Å². The second-order valence-corrected chi connectivity index (χ2v) is 7.35. The van der Waals surface area contributed by atoms with E-state index in [2.05, 4.69) is 22.5 Å². The van der Waals surface area contributed by atoms with E-state index < -0.39 is 5.97 Å². The zero-order chi connectivity index (χ0) is 23.2. The number of carbonyl (C=O) groups excluding carboxylic acids is 2. The number of ether oxygens (including phenoxy) is 2. The molecule has 0 aliphatic rings. The van der Waals surface area contributed by atoms with E-state index in [1.54, 1.807) is 30.5 Å². The van der Waals surface area contributed by atoms with Crippen LogP contribution in [-0.2, 0) is 16.1 Å². The fourth-order valence-corrected chi connectivity index (χ4v) is 3.47. The summed E-state index contributed by atoms with van der Waals surface area (Å²) in [6, 6.07) is 20.9. The van der Waals surface area contributed by atoms with Crippen molar-refractivity contribution in [1.29, 1.82) is 0 Å². The number of amides is 1. The van der Waals surface area contributed by atoms with E-state index in [-0.39, 0.29) is 5.91 Å². The molecule has 7 heteroatoms. The van der Waals surface area contributed by atoms with Crippen molar-refractivity contribution in [2.75, 3.05) is 12.4 Å². The van der Waals surface area contributed by atoms with E-state index in [1.807, 2.05) is 41.1 Å². The smallest absolute Gasteiger partial charge is 0.308 e. The van der Waals surface area contributed by atoms with Crippen molar-refractivity contribution in [2.45, 2.75) is 13.5 Å². The number of esters is 1. The van der Waals surface area contributed by atoms with Gasteiger partial charge in [-0.15, -0.1) is 0 Å². The van der Waals surface area contributed by atoms with Crippen molar-refractivity contribution in [2.24, 2.45) is 0 Å². The molecular formula is C26H23N3O4. The number of rotatable bonds is 7. The molecule has 33 heavy (non-hydrogen) atoms. The lowest BCUT2D eigenvalue weighted by Gasteiger charge is -2.08. The van der Waals surface area contributed by atoms with Crippen LogP contribution in [0.25, 0.3) is 17.0 Å². The largest absolute Gasteiger partial charge is 0.493 e. The first-order valence-corrected chi connectivity index (χ1v) is 10.4. The molecule has 0 aliphatic carbocycles. The highest BCUT2D eigenvalue weighted by molar-refractivity contribution is 6.07. The lowest BCUT2D eigenvalue weighted by atomic mass is 10.1. The van der Waals surface area contributed by atoms with Crippen molar-refractivity contribution >= 4 is 34.5 Å². The van der Waals surface area contributed by atoms with Crippen molar-refractivity contribution in [3.63, 3.8) is 0 Å². The second-order valence-electron chi connectivity index (χ2n) is 7.35. The normalized spacial score (nSPS) is 11.0. The number of methoxy groups -OCH3 is 1. The summed E-state index contributed by atoms with van der Waals surface area (Å²) in [4.78, 5) is 23.9. The topological polar surface area (TPSA) is 82.4 Å². The lowest BCUT2D eigenvalue weighted by Crippen LogP contribution is -2.08. The van der Waals surface area contributed by atoms with E-state index in [9.17, 15) is 9.59 Å². The molecule has 1 N–H and O–H groups in total. The number of aromatic nitrogens is 2. The average Bonchev–Trinajstić information content (AvgIpc) is 3.22. The average molecular weight is 441 g/mol. The Bertz CT molecular complexity index is 1330. The van der Waals surface area contributed by atoms with Crippen LogP contribution in [-0.4, -0.2) is 28.8 Å². The van der Waals surface area contributed by atoms with Gasteiger partial charge in [-0.05, 0) is 41.5 Å². The summed E-state index contributed by atoms with van der Waals surface area (Å²) in [5.74, 6) is -0.00890. The quantitative estimate of drug-likeness (QED) is 0.256. The summed E-state index contributed by atoms with van der Waals surface area (Å²) < 4.78 is 12.3. The summed E-state index contributed by atoms with van der Waals surface area (Å²) in [7, 11) is 1.49. The van der Waals surface area contributed by atoms with E-state index in [1.165, 1.54) is 20.1 Å². The van der Waals surface area contributed by atoms with Crippen LogP contribution in [0.15, 0.2) is 79.0 Å². The van der Waals surface area contributed by atoms with Gasteiger partial charge in [0.15, 0.2) is 11.5 Å². The van der Waals surface area contributed by atoms with Crippen LogP contribution in [0.1, 0.15) is 18.1 Å². The lowest BCUT2D eigenvalue weighted by molar-refractivity contribution is -0.132. The third-order valence-electron chi connectivity index (χ3n) is 4.99. The molecule has 0 saturated carbocycles. The summed E-state index contributed by atoms with van der Waals surface area (Å²) in [6.07, 6.45) is 4.82. The van der Waals surface area contributed by atoms with Gasteiger partial charge < -0.3 is 14.8 Å². The summed E-state index contributed by atoms with van der Waals surface area (Å²) in [5.41, 5.74) is 3.45. The predicted molar refractivity (Wildman–Crippen MR) is 127 cm³/mol. The maximum absolute atomic E-state index is 12.6. The molecule has 166 valence electrons. The van der Waals surface area contributed by atoms with Crippen molar-refractivity contribution in [3.05, 3.63) is 90.1 Å². The number of fused-ring (bicyclic) bond motifs is 1. The first kappa shape index (κ1) is 21.8. The molecule has 0 saturated heterocycles. The maximum Gasteiger partial charge on any atom is 0.308 e. The molecule has 1 amide bonds. The number of nitrogens with zero attached hydrogens (tertiary/aromatic N) is 2. The van der Waals surface area contributed by atoms with Crippen LogP contribution in [0.3, 0.4) is 0 Å². The maximum atomic E-state index is 12.6. The number of benzene rings is 3. The molecule has 1 heterocycles. The molecule has 0 radical (unpaired) electrons. The van der Waals surface area contributed by atoms with Crippen LogP contribution < -0.4 is 14.8 Å².